The zero-order chi connectivity index (χ0) is 22.1. The second-order valence-corrected chi connectivity index (χ2v) is 7.54. The van der Waals surface area contributed by atoms with E-state index in [1.165, 1.54) is 12.4 Å². The fourth-order valence-electron chi connectivity index (χ4n) is 3.72. The van der Waals surface area contributed by atoms with Crippen molar-refractivity contribution in [2.45, 2.75) is 26.6 Å². The summed E-state index contributed by atoms with van der Waals surface area (Å²) >= 11 is 0. The van der Waals surface area contributed by atoms with Gasteiger partial charge in [0.15, 0.2) is 11.6 Å². The van der Waals surface area contributed by atoms with E-state index in [1.54, 1.807) is 30.7 Å². The van der Waals surface area contributed by atoms with Gasteiger partial charge in [-0.05, 0) is 42.3 Å². The smallest absolute Gasteiger partial charge is 0.207 e. The molecule has 0 atom stereocenters. The number of hydrogen-bond donors (Lipinski definition) is 1. The summed E-state index contributed by atoms with van der Waals surface area (Å²) in [5, 5.41) is 2.92. The van der Waals surface area contributed by atoms with Crippen molar-refractivity contribution in [3.63, 3.8) is 0 Å². The van der Waals surface area contributed by atoms with Crippen LogP contribution in [0.1, 0.15) is 22.5 Å². The van der Waals surface area contributed by atoms with E-state index >= 15 is 4.39 Å². The number of hydrogen-bond acceptors (Lipinski definition) is 7. The van der Waals surface area contributed by atoms with Crippen molar-refractivity contribution < 1.29 is 8.78 Å². The number of fused-ring (bicyclic) bond motifs is 1. The molecule has 0 radical (unpaired) electrons. The van der Waals surface area contributed by atoms with Crippen molar-refractivity contribution in [3.8, 4) is 11.3 Å². The van der Waals surface area contributed by atoms with E-state index in [1.807, 2.05) is 24.0 Å². The first-order chi connectivity index (χ1) is 15.6. The van der Waals surface area contributed by atoms with Crippen LogP contribution in [0.4, 0.5) is 20.4 Å². The normalized spacial score (nSPS) is 12.7. The van der Waals surface area contributed by atoms with Crippen molar-refractivity contribution in [1.82, 2.24) is 24.9 Å². The molecule has 0 bridgehead atoms. The quantitative estimate of drug-likeness (QED) is 0.511. The van der Waals surface area contributed by atoms with Crippen molar-refractivity contribution in [3.05, 3.63) is 89.4 Å². The summed E-state index contributed by atoms with van der Waals surface area (Å²) in [4.78, 5) is 22.6. The van der Waals surface area contributed by atoms with Crippen LogP contribution in [-0.2, 0) is 19.6 Å². The molecule has 0 saturated carbocycles. The van der Waals surface area contributed by atoms with Crippen LogP contribution in [0.25, 0.3) is 11.3 Å². The van der Waals surface area contributed by atoms with E-state index in [0.29, 0.717) is 24.2 Å². The van der Waals surface area contributed by atoms with Crippen LogP contribution in [0, 0.1) is 18.6 Å². The summed E-state index contributed by atoms with van der Waals surface area (Å²) in [6.07, 6.45) is 6.21. The monoisotopic (exact) mass is 431 g/mol. The second kappa shape index (κ2) is 8.26. The van der Waals surface area contributed by atoms with E-state index in [2.05, 4.69) is 30.2 Å². The molecular weight excluding hydrogens is 412 g/mol. The molecule has 0 saturated heterocycles. The Morgan fingerprint density at radius 1 is 1.00 bits per heavy atom. The summed E-state index contributed by atoms with van der Waals surface area (Å²) in [5.74, 6) is -0.764. The van der Waals surface area contributed by atoms with Gasteiger partial charge in [-0.3, -0.25) is 15.0 Å². The Balaban J connectivity index is 1.31. The molecule has 4 aromatic heterocycles. The fraction of sp³-hybridized carbons (Fsp3) is 0.174. The molecule has 0 amide bonds. The number of aryl methyl sites for hydroxylation is 1. The standard InChI is InChI=1S/C23H19F2N7/c1-14-7-16(4-6-26-14)21-18(24)8-15(9-28-21)10-29-22-20(25)23(31-13-30-22)32-11-17-3-2-5-27-19(17)12-32/h2-9,13H,10-12H2,1H3,(H,29,30,31). The topological polar surface area (TPSA) is 79.7 Å². The Bertz CT molecular complexity index is 1270. The van der Waals surface area contributed by atoms with Gasteiger partial charge in [0.1, 0.15) is 17.8 Å². The Labute approximate surface area is 183 Å². The predicted molar refractivity (Wildman–Crippen MR) is 116 cm³/mol. The molecule has 0 spiro atoms. The van der Waals surface area contributed by atoms with Crippen LogP contribution in [-0.4, -0.2) is 24.9 Å². The van der Waals surface area contributed by atoms with Gasteiger partial charge < -0.3 is 10.2 Å². The number of aromatic nitrogens is 5. The highest BCUT2D eigenvalue weighted by Gasteiger charge is 2.25. The maximum absolute atomic E-state index is 15.1. The summed E-state index contributed by atoms with van der Waals surface area (Å²) < 4.78 is 29.8. The van der Waals surface area contributed by atoms with Gasteiger partial charge in [-0.15, -0.1) is 0 Å². The summed E-state index contributed by atoms with van der Waals surface area (Å²) in [5.41, 5.74) is 4.20. The minimum Gasteiger partial charge on any atom is -0.363 e. The van der Waals surface area contributed by atoms with Gasteiger partial charge in [-0.2, -0.15) is 4.39 Å². The van der Waals surface area contributed by atoms with Crippen LogP contribution < -0.4 is 10.2 Å². The molecule has 4 aromatic rings. The largest absolute Gasteiger partial charge is 0.363 e. The highest BCUT2D eigenvalue weighted by atomic mass is 19.1. The molecule has 0 aliphatic carbocycles. The van der Waals surface area contributed by atoms with Gasteiger partial charge in [-0.25, -0.2) is 14.4 Å². The Morgan fingerprint density at radius 2 is 1.91 bits per heavy atom. The van der Waals surface area contributed by atoms with E-state index in [-0.39, 0.29) is 23.9 Å². The molecule has 7 nitrogen and oxygen atoms in total. The first-order valence-corrected chi connectivity index (χ1v) is 10.1. The minimum atomic E-state index is -0.558. The van der Waals surface area contributed by atoms with E-state index in [0.717, 1.165) is 17.0 Å². The first kappa shape index (κ1) is 19.9. The third-order valence-corrected chi connectivity index (χ3v) is 5.28. The lowest BCUT2D eigenvalue weighted by Crippen LogP contribution is -2.19. The first-order valence-electron chi connectivity index (χ1n) is 10.1. The van der Waals surface area contributed by atoms with Gasteiger partial charge >= 0.3 is 0 Å². The van der Waals surface area contributed by atoms with E-state index in [4.69, 9.17) is 0 Å². The average Bonchev–Trinajstić information content (AvgIpc) is 3.22. The predicted octanol–water partition coefficient (Wildman–Crippen LogP) is 4.05. The van der Waals surface area contributed by atoms with Crippen molar-refractivity contribution in [2.24, 2.45) is 0 Å². The van der Waals surface area contributed by atoms with E-state index < -0.39 is 11.6 Å². The third-order valence-electron chi connectivity index (χ3n) is 5.28. The van der Waals surface area contributed by atoms with Crippen LogP contribution >= 0.6 is 0 Å². The summed E-state index contributed by atoms with van der Waals surface area (Å²) in [6, 6.07) is 8.69. The zero-order valence-corrected chi connectivity index (χ0v) is 17.3. The molecule has 160 valence electrons. The highest BCUT2D eigenvalue weighted by Crippen LogP contribution is 2.29. The van der Waals surface area contributed by atoms with Crippen LogP contribution in [0.3, 0.4) is 0 Å². The van der Waals surface area contributed by atoms with Crippen LogP contribution in [0.2, 0.25) is 0 Å². The number of halogens is 2. The van der Waals surface area contributed by atoms with Gasteiger partial charge in [0, 0.05) is 42.9 Å². The zero-order valence-electron chi connectivity index (χ0n) is 17.3. The maximum Gasteiger partial charge on any atom is 0.207 e. The molecule has 1 aliphatic heterocycles. The number of nitrogens with one attached hydrogen (secondary N) is 1. The number of pyridine rings is 3. The molecule has 0 fully saturated rings. The molecule has 1 N–H and O–H groups in total. The summed E-state index contributed by atoms with van der Waals surface area (Å²) in [7, 11) is 0. The SMILES string of the molecule is Cc1cc(-c2ncc(CNc3ncnc(N4Cc5cccnc5C4)c3F)cc2F)ccn1. The van der Waals surface area contributed by atoms with Gasteiger partial charge in [-0.1, -0.05) is 6.07 Å². The lowest BCUT2D eigenvalue weighted by molar-refractivity contribution is 0.606. The Morgan fingerprint density at radius 3 is 2.72 bits per heavy atom. The lowest BCUT2D eigenvalue weighted by atomic mass is 10.1. The molecule has 5 heterocycles. The molecule has 9 heteroatoms. The van der Waals surface area contributed by atoms with Gasteiger partial charge in [0.05, 0.1) is 12.2 Å². The average molecular weight is 431 g/mol. The Kier molecular flexibility index (Phi) is 5.14. The van der Waals surface area contributed by atoms with Crippen molar-refractivity contribution in [1.29, 1.82) is 0 Å². The van der Waals surface area contributed by atoms with E-state index in [9.17, 15) is 4.39 Å². The highest BCUT2D eigenvalue weighted by molar-refractivity contribution is 5.60. The molecule has 5 rings (SSSR count). The molecule has 1 aliphatic rings. The van der Waals surface area contributed by atoms with Gasteiger partial charge in [0.2, 0.25) is 5.82 Å². The van der Waals surface area contributed by atoms with Crippen molar-refractivity contribution in [2.75, 3.05) is 10.2 Å². The minimum absolute atomic E-state index is 0.0492. The summed E-state index contributed by atoms with van der Waals surface area (Å²) in [6.45, 7) is 3.01. The maximum atomic E-state index is 15.1. The molecular formula is C23H19F2N7. The van der Waals surface area contributed by atoms with Crippen LogP contribution in [0.15, 0.2) is 55.2 Å². The number of rotatable bonds is 5. The number of anilines is 2. The fourth-order valence-corrected chi connectivity index (χ4v) is 3.72. The molecule has 0 aromatic carbocycles. The lowest BCUT2D eigenvalue weighted by Gasteiger charge is -2.18. The molecule has 0 unspecified atom stereocenters. The third kappa shape index (κ3) is 3.84. The van der Waals surface area contributed by atoms with Gasteiger partial charge in [0.25, 0.3) is 0 Å². The Hall–Kier alpha value is -4.01. The van der Waals surface area contributed by atoms with Crippen LogP contribution in [0.5, 0.6) is 0 Å². The molecule has 32 heavy (non-hydrogen) atoms. The second-order valence-electron chi connectivity index (χ2n) is 7.54. The van der Waals surface area contributed by atoms with Crippen molar-refractivity contribution >= 4 is 11.6 Å². The number of nitrogens with zero attached hydrogens (tertiary/aromatic N) is 6.